The van der Waals surface area contributed by atoms with Gasteiger partial charge in [0.1, 0.15) is 0 Å². The second kappa shape index (κ2) is 9.34. The minimum atomic E-state index is -1.33. The van der Waals surface area contributed by atoms with Gasteiger partial charge in [-0.05, 0) is 117 Å². The second-order valence-corrected chi connectivity index (χ2v) is 12.9. The second-order valence-electron chi connectivity index (χ2n) is 12.9. The Morgan fingerprint density at radius 3 is 1.48 bits per heavy atom. The van der Waals surface area contributed by atoms with E-state index in [1.807, 2.05) is 12.1 Å². The average molecular weight is 462 g/mol. The van der Waals surface area contributed by atoms with Crippen molar-refractivity contribution >= 4 is 17.5 Å². The molecule has 2 aliphatic rings. The van der Waals surface area contributed by atoms with Gasteiger partial charge in [0.05, 0.1) is 0 Å². The quantitative estimate of drug-likeness (QED) is 0.361. The topological polar surface area (TPSA) is 139 Å². The third-order valence-electron chi connectivity index (χ3n) is 6.93. The van der Waals surface area contributed by atoms with E-state index in [4.69, 9.17) is 21.4 Å². The van der Waals surface area contributed by atoms with Gasteiger partial charge in [0.2, 0.25) is 0 Å². The van der Waals surface area contributed by atoms with Crippen LogP contribution in [0.25, 0.3) is 0 Å². The van der Waals surface area contributed by atoms with E-state index < -0.39 is 6.09 Å². The number of anilines is 2. The van der Waals surface area contributed by atoms with Crippen LogP contribution in [-0.2, 0) is 0 Å². The molecule has 7 nitrogen and oxygen atoms in total. The molecule has 0 aliphatic carbocycles. The predicted octanol–water partition coefficient (Wildman–Crippen LogP) is 4.67. The number of benzene rings is 1. The lowest BCUT2D eigenvalue weighted by Crippen LogP contribution is -2.61. The molecule has 2 saturated heterocycles. The molecule has 3 rings (SSSR count). The first-order valence-electron chi connectivity index (χ1n) is 12.0. The molecule has 33 heavy (non-hydrogen) atoms. The van der Waals surface area contributed by atoms with E-state index in [1.165, 1.54) is 5.56 Å². The standard InChI is InChI=1S/C25H44N4.CH3NO2/c1-22(2)12-16(13-23(3,4)28-22)21(19-10-9-18(26)11-20(19)27)17-14-24(5,6)29-25(7,8)15-17;2-1(3)4/h9-11,16-17,21,28-29H,12-15,26-27H2,1-8H3;2H2,(H,3,4). The lowest BCUT2D eigenvalue weighted by atomic mass is 9.60. The Morgan fingerprint density at radius 1 is 0.848 bits per heavy atom. The SMILES string of the molecule is CC1(C)CC(C(c2ccc(N)cc2N)C2CC(C)(C)NC(C)(C)C2)CC(C)(C)N1.NC(=O)O. The molecule has 0 unspecified atom stereocenters. The zero-order valence-electron chi connectivity index (χ0n) is 21.9. The molecule has 0 radical (unpaired) electrons. The summed E-state index contributed by atoms with van der Waals surface area (Å²) < 4.78 is 0. The van der Waals surface area contributed by atoms with Gasteiger partial charge in [0.25, 0.3) is 0 Å². The summed E-state index contributed by atoms with van der Waals surface area (Å²) in [6.45, 7) is 18.8. The largest absolute Gasteiger partial charge is 0.465 e. The first-order valence-corrected chi connectivity index (χ1v) is 12.0. The van der Waals surface area contributed by atoms with Crippen LogP contribution in [0, 0.1) is 11.8 Å². The summed E-state index contributed by atoms with van der Waals surface area (Å²) >= 11 is 0. The molecule has 1 amide bonds. The summed E-state index contributed by atoms with van der Waals surface area (Å²) in [4.78, 5) is 8.78. The van der Waals surface area contributed by atoms with Gasteiger partial charge in [-0.25, -0.2) is 4.79 Å². The van der Waals surface area contributed by atoms with Crippen LogP contribution >= 0.6 is 0 Å². The van der Waals surface area contributed by atoms with Crippen molar-refractivity contribution in [2.75, 3.05) is 11.5 Å². The fourth-order valence-corrected chi connectivity index (χ4v) is 7.10. The fourth-order valence-electron chi connectivity index (χ4n) is 7.10. The summed E-state index contributed by atoms with van der Waals surface area (Å²) in [5.74, 6) is 1.61. The molecule has 7 heteroatoms. The van der Waals surface area contributed by atoms with Crippen LogP contribution in [0.15, 0.2) is 18.2 Å². The van der Waals surface area contributed by atoms with E-state index in [0.29, 0.717) is 17.8 Å². The molecular weight excluding hydrogens is 414 g/mol. The van der Waals surface area contributed by atoms with Gasteiger partial charge in [-0.15, -0.1) is 0 Å². The Balaban J connectivity index is 0.000000890. The maximum atomic E-state index is 8.78. The van der Waals surface area contributed by atoms with Gasteiger partial charge in [0, 0.05) is 33.5 Å². The van der Waals surface area contributed by atoms with Crippen LogP contribution in [-0.4, -0.2) is 33.4 Å². The van der Waals surface area contributed by atoms with Crippen molar-refractivity contribution in [3.63, 3.8) is 0 Å². The van der Waals surface area contributed by atoms with Crippen LogP contribution < -0.4 is 27.8 Å². The van der Waals surface area contributed by atoms with E-state index in [0.717, 1.165) is 37.1 Å². The number of nitrogens with two attached hydrogens (primary N) is 3. The zero-order valence-corrected chi connectivity index (χ0v) is 21.9. The van der Waals surface area contributed by atoms with Crippen LogP contribution in [0.5, 0.6) is 0 Å². The summed E-state index contributed by atoms with van der Waals surface area (Å²) in [7, 11) is 0. The Hall–Kier alpha value is -1.99. The minimum absolute atomic E-state index is 0.116. The lowest BCUT2D eigenvalue weighted by Gasteiger charge is -2.54. The molecule has 188 valence electrons. The molecule has 0 atom stereocenters. The number of nitrogens with one attached hydrogen (secondary N) is 2. The summed E-state index contributed by atoms with van der Waals surface area (Å²) in [5, 5.41) is 14.9. The fraction of sp³-hybridized carbons (Fsp3) is 0.731. The Bertz CT molecular complexity index is 773. The predicted molar refractivity (Wildman–Crippen MR) is 138 cm³/mol. The van der Waals surface area contributed by atoms with Gasteiger partial charge in [-0.2, -0.15) is 0 Å². The van der Waals surface area contributed by atoms with Gasteiger partial charge in [0.15, 0.2) is 0 Å². The molecule has 0 bridgehead atoms. The number of amides is 1. The van der Waals surface area contributed by atoms with Crippen molar-refractivity contribution < 1.29 is 9.90 Å². The summed E-state index contributed by atoms with van der Waals surface area (Å²) in [5.41, 5.74) is 20.1. The number of rotatable bonds is 3. The van der Waals surface area contributed by atoms with Crippen molar-refractivity contribution in [1.29, 1.82) is 0 Å². The van der Waals surface area contributed by atoms with E-state index in [-0.39, 0.29) is 22.2 Å². The number of primary amides is 1. The van der Waals surface area contributed by atoms with Crippen molar-refractivity contribution in [2.45, 2.75) is 109 Å². The van der Waals surface area contributed by atoms with Crippen molar-refractivity contribution in [3.8, 4) is 0 Å². The van der Waals surface area contributed by atoms with Crippen molar-refractivity contribution in [2.24, 2.45) is 17.6 Å². The van der Waals surface area contributed by atoms with Gasteiger partial charge < -0.3 is 32.9 Å². The summed E-state index contributed by atoms with van der Waals surface area (Å²) in [6, 6.07) is 6.20. The van der Waals surface area contributed by atoms with Gasteiger partial charge in [-0.1, -0.05) is 6.07 Å². The van der Waals surface area contributed by atoms with E-state index in [9.17, 15) is 0 Å². The lowest BCUT2D eigenvalue weighted by molar-refractivity contribution is 0.0555. The first-order chi connectivity index (χ1) is 14.8. The van der Waals surface area contributed by atoms with E-state index >= 15 is 0 Å². The maximum Gasteiger partial charge on any atom is 0.402 e. The molecule has 9 N–H and O–H groups in total. The molecule has 1 aromatic rings. The molecular formula is C26H47N5O2. The number of carboxylic acid groups (broad SMARTS) is 1. The Morgan fingerprint density at radius 2 is 1.18 bits per heavy atom. The third kappa shape index (κ3) is 7.78. The number of nitrogen functional groups attached to an aromatic ring is 2. The molecule has 2 heterocycles. The normalized spacial score (nSPS) is 24.0. The first kappa shape index (κ1) is 27.3. The van der Waals surface area contributed by atoms with Crippen molar-refractivity contribution in [3.05, 3.63) is 23.8 Å². The zero-order chi connectivity index (χ0) is 25.4. The number of hydrogen-bond donors (Lipinski definition) is 6. The Labute approximate surface area is 200 Å². The van der Waals surface area contributed by atoms with Gasteiger partial charge in [-0.3, -0.25) is 0 Å². The molecule has 2 fully saturated rings. The highest BCUT2D eigenvalue weighted by Crippen LogP contribution is 2.51. The maximum absolute atomic E-state index is 8.78. The summed E-state index contributed by atoms with van der Waals surface area (Å²) in [6.07, 6.45) is 3.32. The minimum Gasteiger partial charge on any atom is -0.465 e. The van der Waals surface area contributed by atoms with Gasteiger partial charge >= 0.3 is 6.09 Å². The highest BCUT2D eigenvalue weighted by atomic mass is 16.4. The third-order valence-corrected chi connectivity index (χ3v) is 6.93. The molecule has 0 aromatic heterocycles. The molecule has 0 spiro atoms. The number of piperidine rings is 2. The van der Waals surface area contributed by atoms with Crippen LogP contribution in [0.1, 0.15) is 92.6 Å². The number of carbonyl (C=O) groups is 1. The Kier molecular flexibility index (Phi) is 7.71. The highest BCUT2D eigenvalue weighted by molar-refractivity contribution is 5.61. The molecule has 2 aliphatic heterocycles. The van der Waals surface area contributed by atoms with Crippen LogP contribution in [0.2, 0.25) is 0 Å². The van der Waals surface area contributed by atoms with E-state index in [2.05, 4.69) is 77.8 Å². The van der Waals surface area contributed by atoms with Crippen molar-refractivity contribution in [1.82, 2.24) is 10.6 Å². The smallest absolute Gasteiger partial charge is 0.402 e. The monoisotopic (exact) mass is 461 g/mol. The van der Waals surface area contributed by atoms with Crippen LogP contribution in [0.4, 0.5) is 16.2 Å². The number of hydrogen-bond acceptors (Lipinski definition) is 5. The average Bonchev–Trinajstić information content (AvgIpc) is 2.50. The van der Waals surface area contributed by atoms with E-state index in [1.54, 1.807) is 0 Å². The van der Waals surface area contributed by atoms with Crippen LogP contribution in [0.3, 0.4) is 0 Å². The highest BCUT2D eigenvalue weighted by Gasteiger charge is 2.47. The molecule has 1 aromatic carbocycles. The molecule has 0 saturated carbocycles.